The zero-order valence-corrected chi connectivity index (χ0v) is 9.14. The molecule has 0 spiro atoms. The maximum absolute atomic E-state index is 9.92. The lowest BCUT2D eigenvalue weighted by Gasteiger charge is -2.39. The highest BCUT2D eigenvalue weighted by Gasteiger charge is 2.37. The van der Waals surface area contributed by atoms with E-state index in [4.69, 9.17) is 5.53 Å². The summed E-state index contributed by atoms with van der Waals surface area (Å²) in [5.41, 5.74) is 7.98. The molecule has 0 amide bonds. The summed E-state index contributed by atoms with van der Waals surface area (Å²) in [6, 6.07) is 0. The van der Waals surface area contributed by atoms with Crippen LogP contribution in [0.2, 0.25) is 0 Å². The standard InChI is InChI=1S/C10H19N3O/c1-7-4-5-8(9(14)6-7)10(2,3)12-13-11/h7-9,14H,4-6H2,1-3H3. The first-order valence-electron chi connectivity index (χ1n) is 5.21. The smallest absolute Gasteiger partial charge is 0.0577 e. The molecule has 1 N–H and O–H groups in total. The quantitative estimate of drug-likeness (QED) is 0.412. The van der Waals surface area contributed by atoms with Crippen molar-refractivity contribution in [2.75, 3.05) is 0 Å². The second-order valence-electron chi connectivity index (χ2n) is 4.94. The van der Waals surface area contributed by atoms with Crippen LogP contribution in [0.25, 0.3) is 10.4 Å². The minimum atomic E-state index is -0.464. The highest BCUT2D eigenvalue weighted by atomic mass is 16.3. The molecule has 4 heteroatoms. The molecule has 0 saturated heterocycles. The van der Waals surface area contributed by atoms with Crippen molar-refractivity contribution in [3.63, 3.8) is 0 Å². The number of azide groups is 1. The van der Waals surface area contributed by atoms with E-state index in [9.17, 15) is 5.11 Å². The average molecular weight is 197 g/mol. The molecule has 1 rings (SSSR count). The summed E-state index contributed by atoms with van der Waals surface area (Å²) in [5, 5.41) is 13.7. The maximum atomic E-state index is 9.92. The van der Waals surface area contributed by atoms with Crippen LogP contribution >= 0.6 is 0 Å². The van der Waals surface area contributed by atoms with Gasteiger partial charge in [0, 0.05) is 10.5 Å². The monoisotopic (exact) mass is 197 g/mol. The van der Waals surface area contributed by atoms with E-state index in [0.717, 1.165) is 19.3 Å². The molecule has 80 valence electrons. The van der Waals surface area contributed by atoms with Gasteiger partial charge in [-0.2, -0.15) is 0 Å². The van der Waals surface area contributed by atoms with Gasteiger partial charge in [0.05, 0.1) is 6.10 Å². The minimum Gasteiger partial charge on any atom is -0.393 e. The van der Waals surface area contributed by atoms with Gasteiger partial charge in [-0.3, -0.25) is 0 Å². The topological polar surface area (TPSA) is 69.0 Å². The van der Waals surface area contributed by atoms with E-state index in [2.05, 4.69) is 16.9 Å². The molecule has 14 heavy (non-hydrogen) atoms. The lowest BCUT2D eigenvalue weighted by Crippen LogP contribution is -2.41. The third-order valence-corrected chi connectivity index (χ3v) is 3.29. The predicted molar refractivity (Wildman–Crippen MR) is 55.7 cm³/mol. The van der Waals surface area contributed by atoms with Gasteiger partial charge in [-0.1, -0.05) is 32.3 Å². The van der Waals surface area contributed by atoms with Crippen molar-refractivity contribution in [3.05, 3.63) is 10.4 Å². The minimum absolute atomic E-state index is 0.106. The molecule has 0 aromatic rings. The maximum Gasteiger partial charge on any atom is 0.0577 e. The van der Waals surface area contributed by atoms with Gasteiger partial charge in [0.15, 0.2) is 0 Å². The molecular weight excluding hydrogens is 178 g/mol. The van der Waals surface area contributed by atoms with Crippen LogP contribution in [0.5, 0.6) is 0 Å². The fourth-order valence-electron chi connectivity index (χ4n) is 2.36. The summed E-state index contributed by atoms with van der Waals surface area (Å²) in [4.78, 5) is 2.85. The lowest BCUT2D eigenvalue weighted by molar-refractivity contribution is 0.0172. The van der Waals surface area contributed by atoms with Gasteiger partial charge in [-0.15, -0.1) is 0 Å². The van der Waals surface area contributed by atoms with Crippen molar-refractivity contribution in [1.82, 2.24) is 0 Å². The third-order valence-electron chi connectivity index (χ3n) is 3.29. The fraction of sp³-hybridized carbons (Fsp3) is 1.00. The Hall–Kier alpha value is -0.730. The summed E-state index contributed by atoms with van der Waals surface area (Å²) in [7, 11) is 0. The molecule has 1 fully saturated rings. The van der Waals surface area contributed by atoms with Crippen LogP contribution < -0.4 is 0 Å². The molecule has 0 radical (unpaired) electrons. The first-order chi connectivity index (χ1) is 6.47. The molecule has 1 aliphatic carbocycles. The van der Waals surface area contributed by atoms with E-state index in [1.165, 1.54) is 0 Å². The molecule has 1 saturated carbocycles. The van der Waals surface area contributed by atoms with Crippen LogP contribution in [0.3, 0.4) is 0 Å². The predicted octanol–water partition coefficient (Wildman–Crippen LogP) is 2.87. The first-order valence-corrected chi connectivity index (χ1v) is 5.21. The zero-order valence-electron chi connectivity index (χ0n) is 9.14. The van der Waals surface area contributed by atoms with Gasteiger partial charge >= 0.3 is 0 Å². The summed E-state index contributed by atoms with van der Waals surface area (Å²) in [6.07, 6.45) is 2.58. The van der Waals surface area contributed by atoms with Crippen molar-refractivity contribution in [2.24, 2.45) is 17.0 Å². The van der Waals surface area contributed by atoms with Crippen LogP contribution in [0.1, 0.15) is 40.0 Å². The number of nitrogens with zero attached hydrogens (tertiary/aromatic N) is 3. The molecule has 3 atom stereocenters. The van der Waals surface area contributed by atoms with Crippen molar-refractivity contribution < 1.29 is 5.11 Å². The fourth-order valence-corrected chi connectivity index (χ4v) is 2.36. The molecule has 0 aliphatic heterocycles. The average Bonchev–Trinajstić information content (AvgIpc) is 2.02. The van der Waals surface area contributed by atoms with Crippen LogP contribution in [-0.2, 0) is 0 Å². The van der Waals surface area contributed by atoms with Gasteiger partial charge in [-0.05, 0) is 30.2 Å². The Kier molecular flexibility index (Phi) is 3.40. The van der Waals surface area contributed by atoms with Crippen LogP contribution in [0.15, 0.2) is 5.11 Å². The van der Waals surface area contributed by atoms with Crippen LogP contribution in [0.4, 0.5) is 0 Å². The van der Waals surface area contributed by atoms with Gasteiger partial charge in [-0.25, -0.2) is 0 Å². The van der Waals surface area contributed by atoms with E-state index >= 15 is 0 Å². The SMILES string of the molecule is CC1CCC(C(C)(C)N=[N+]=[N-])C(O)C1. The third kappa shape index (κ3) is 2.40. The van der Waals surface area contributed by atoms with Crippen molar-refractivity contribution in [1.29, 1.82) is 0 Å². The van der Waals surface area contributed by atoms with Crippen molar-refractivity contribution >= 4 is 0 Å². The lowest BCUT2D eigenvalue weighted by atomic mass is 9.72. The van der Waals surface area contributed by atoms with E-state index < -0.39 is 5.54 Å². The number of aliphatic hydroxyl groups excluding tert-OH is 1. The molecule has 4 nitrogen and oxygen atoms in total. The normalized spacial score (nSPS) is 33.6. The highest BCUT2D eigenvalue weighted by molar-refractivity contribution is 4.93. The largest absolute Gasteiger partial charge is 0.393 e. The first kappa shape index (κ1) is 11.3. The second kappa shape index (κ2) is 4.20. The Morgan fingerprint density at radius 3 is 2.57 bits per heavy atom. The van der Waals surface area contributed by atoms with Crippen molar-refractivity contribution in [2.45, 2.75) is 51.7 Å². The number of hydrogen-bond acceptors (Lipinski definition) is 2. The van der Waals surface area contributed by atoms with E-state index in [1.54, 1.807) is 0 Å². The van der Waals surface area contributed by atoms with Crippen molar-refractivity contribution in [3.8, 4) is 0 Å². The number of hydrogen-bond donors (Lipinski definition) is 1. The molecule has 0 bridgehead atoms. The summed E-state index contributed by atoms with van der Waals surface area (Å²) in [5.74, 6) is 0.692. The summed E-state index contributed by atoms with van der Waals surface area (Å²) in [6.45, 7) is 5.95. The number of rotatable bonds is 2. The van der Waals surface area contributed by atoms with E-state index in [-0.39, 0.29) is 12.0 Å². The Bertz CT molecular complexity index is 246. The van der Waals surface area contributed by atoms with E-state index in [0.29, 0.717) is 5.92 Å². The Balaban J connectivity index is 2.72. The van der Waals surface area contributed by atoms with Gasteiger partial charge < -0.3 is 5.11 Å². The Morgan fingerprint density at radius 2 is 2.07 bits per heavy atom. The Labute approximate surface area is 84.9 Å². The molecule has 0 heterocycles. The molecule has 3 unspecified atom stereocenters. The Morgan fingerprint density at radius 1 is 1.43 bits per heavy atom. The molecule has 0 aromatic carbocycles. The summed E-state index contributed by atoms with van der Waals surface area (Å²) < 4.78 is 0. The van der Waals surface area contributed by atoms with Crippen LogP contribution in [0, 0.1) is 11.8 Å². The molecule has 1 aliphatic rings. The van der Waals surface area contributed by atoms with Crippen LogP contribution in [-0.4, -0.2) is 16.7 Å². The van der Waals surface area contributed by atoms with E-state index in [1.807, 2.05) is 13.8 Å². The second-order valence-corrected chi connectivity index (χ2v) is 4.94. The number of aliphatic hydroxyl groups is 1. The summed E-state index contributed by atoms with van der Waals surface area (Å²) >= 11 is 0. The highest BCUT2D eigenvalue weighted by Crippen LogP contribution is 2.37. The van der Waals surface area contributed by atoms with Gasteiger partial charge in [0.25, 0.3) is 0 Å². The molecular formula is C10H19N3O. The zero-order chi connectivity index (χ0) is 10.8. The van der Waals surface area contributed by atoms with Gasteiger partial charge in [0.2, 0.25) is 0 Å². The molecule has 0 aromatic heterocycles. The van der Waals surface area contributed by atoms with Gasteiger partial charge in [0.1, 0.15) is 0 Å².